The molecule has 1 fully saturated rings. The predicted octanol–water partition coefficient (Wildman–Crippen LogP) is 3.33. The van der Waals surface area contributed by atoms with Crippen molar-refractivity contribution in [2.75, 3.05) is 18.8 Å². The number of aromatic nitrogens is 3. The van der Waals surface area contributed by atoms with E-state index in [1.165, 1.54) is 12.1 Å². The SMILES string of the molecule is C[C@@H](Oc1cc(-c2cc3n(n2)CCC32CNC2)cnc1N)c1ccccc1.Cl. The number of pyridine rings is 1. The Morgan fingerprint density at radius 1 is 1.21 bits per heavy atom. The zero-order valence-electron chi connectivity index (χ0n) is 15.8. The normalized spacial score (nSPS) is 17.5. The van der Waals surface area contributed by atoms with Gasteiger partial charge in [0.05, 0.1) is 5.69 Å². The number of nitrogens with zero attached hydrogens (tertiary/aromatic N) is 3. The number of nitrogen functional groups attached to an aromatic ring is 1. The molecule has 1 spiro atoms. The maximum Gasteiger partial charge on any atom is 0.166 e. The van der Waals surface area contributed by atoms with Crippen LogP contribution in [0.1, 0.15) is 30.7 Å². The van der Waals surface area contributed by atoms with Gasteiger partial charge in [-0.2, -0.15) is 5.10 Å². The smallest absolute Gasteiger partial charge is 0.166 e. The molecule has 0 amide bonds. The summed E-state index contributed by atoms with van der Waals surface area (Å²) in [5.74, 6) is 0.991. The van der Waals surface area contributed by atoms with E-state index in [4.69, 9.17) is 15.6 Å². The Bertz CT molecular complexity index is 984. The summed E-state index contributed by atoms with van der Waals surface area (Å²) >= 11 is 0. The zero-order chi connectivity index (χ0) is 18.4. The number of anilines is 1. The van der Waals surface area contributed by atoms with Crippen LogP contribution in [0.2, 0.25) is 0 Å². The van der Waals surface area contributed by atoms with E-state index >= 15 is 0 Å². The number of rotatable bonds is 4. The number of ether oxygens (including phenoxy) is 1. The van der Waals surface area contributed by atoms with Gasteiger partial charge in [-0.05, 0) is 31.0 Å². The lowest BCUT2D eigenvalue weighted by molar-refractivity contribution is 0.227. The van der Waals surface area contributed by atoms with Crippen LogP contribution in [0.4, 0.5) is 5.82 Å². The van der Waals surface area contributed by atoms with Crippen LogP contribution in [-0.2, 0) is 12.0 Å². The molecule has 3 N–H and O–H groups in total. The first kappa shape index (κ1) is 18.8. The average molecular weight is 398 g/mol. The molecule has 0 bridgehead atoms. The van der Waals surface area contributed by atoms with Crippen molar-refractivity contribution in [3.05, 3.63) is 59.9 Å². The van der Waals surface area contributed by atoms with Crippen LogP contribution in [0.25, 0.3) is 11.3 Å². The van der Waals surface area contributed by atoms with E-state index in [0.29, 0.717) is 11.6 Å². The zero-order valence-corrected chi connectivity index (χ0v) is 16.6. The molecule has 4 heterocycles. The molecular weight excluding hydrogens is 374 g/mol. The van der Waals surface area contributed by atoms with Crippen LogP contribution in [-0.4, -0.2) is 27.9 Å². The van der Waals surface area contributed by atoms with Crippen LogP contribution in [0.5, 0.6) is 5.75 Å². The van der Waals surface area contributed by atoms with Gasteiger partial charge in [0.25, 0.3) is 0 Å². The molecular formula is C21H24ClN5O. The average Bonchev–Trinajstić information content (AvgIpc) is 3.22. The summed E-state index contributed by atoms with van der Waals surface area (Å²) in [6.45, 7) is 5.08. The third kappa shape index (κ3) is 3.02. The molecule has 0 unspecified atom stereocenters. The molecule has 6 nitrogen and oxygen atoms in total. The summed E-state index contributed by atoms with van der Waals surface area (Å²) < 4.78 is 8.25. The predicted molar refractivity (Wildman–Crippen MR) is 112 cm³/mol. The van der Waals surface area contributed by atoms with Gasteiger partial charge in [-0.3, -0.25) is 4.68 Å². The largest absolute Gasteiger partial charge is 0.482 e. The van der Waals surface area contributed by atoms with E-state index < -0.39 is 0 Å². The molecule has 2 aromatic heterocycles. The van der Waals surface area contributed by atoms with E-state index in [1.54, 1.807) is 6.20 Å². The summed E-state index contributed by atoms with van der Waals surface area (Å²) in [4.78, 5) is 4.35. The molecule has 2 aliphatic heterocycles. The summed E-state index contributed by atoms with van der Waals surface area (Å²) in [6.07, 6.45) is 2.84. The second-order valence-electron chi connectivity index (χ2n) is 7.55. The minimum Gasteiger partial charge on any atom is -0.482 e. The van der Waals surface area contributed by atoms with Crippen molar-refractivity contribution in [1.82, 2.24) is 20.1 Å². The molecule has 28 heavy (non-hydrogen) atoms. The molecule has 1 atom stereocenters. The fraction of sp³-hybridized carbons (Fsp3) is 0.333. The summed E-state index contributed by atoms with van der Waals surface area (Å²) in [7, 11) is 0. The van der Waals surface area contributed by atoms with Crippen LogP contribution in [0, 0.1) is 0 Å². The number of nitrogens with two attached hydrogens (primary N) is 1. The van der Waals surface area contributed by atoms with E-state index in [2.05, 4.69) is 21.0 Å². The lowest BCUT2D eigenvalue weighted by atomic mass is 9.77. The number of benzene rings is 1. The number of fused-ring (bicyclic) bond motifs is 2. The Balaban J connectivity index is 0.00000192. The van der Waals surface area contributed by atoms with Crippen molar-refractivity contribution >= 4 is 18.2 Å². The van der Waals surface area contributed by atoms with E-state index in [-0.39, 0.29) is 23.9 Å². The van der Waals surface area contributed by atoms with Gasteiger partial charge in [-0.1, -0.05) is 30.3 Å². The van der Waals surface area contributed by atoms with Crippen molar-refractivity contribution in [2.45, 2.75) is 31.4 Å². The topological polar surface area (TPSA) is 78.0 Å². The molecule has 0 saturated carbocycles. The van der Waals surface area contributed by atoms with Crippen LogP contribution >= 0.6 is 12.4 Å². The number of hydrogen-bond acceptors (Lipinski definition) is 5. The fourth-order valence-corrected chi connectivity index (χ4v) is 4.06. The summed E-state index contributed by atoms with van der Waals surface area (Å²) in [5, 5.41) is 8.20. The minimum absolute atomic E-state index is 0. The van der Waals surface area contributed by atoms with Gasteiger partial charge in [0.15, 0.2) is 11.6 Å². The lowest BCUT2D eigenvalue weighted by Crippen LogP contribution is -2.55. The first-order chi connectivity index (χ1) is 13.1. The van der Waals surface area contributed by atoms with Crippen molar-refractivity contribution in [1.29, 1.82) is 0 Å². The third-order valence-corrected chi connectivity index (χ3v) is 5.80. The number of nitrogens with one attached hydrogen (secondary N) is 1. The van der Waals surface area contributed by atoms with Gasteiger partial charge in [0.2, 0.25) is 0 Å². The van der Waals surface area contributed by atoms with Crippen molar-refractivity contribution < 1.29 is 4.74 Å². The molecule has 0 aliphatic carbocycles. The highest BCUT2D eigenvalue weighted by molar-refractivity contribution is 5.85. The lowest BCUT2D eigenvalue weighted by Gasteiger charge is -2.38. The molecule has 7 heteroatoms. The summed E-state index contributed by atoms with van der Waals surface area (Å²) in [5.41, 5.74) is 10.6. The molecule has 0 radical (unpaired) electrons. The quantitative estimate of drug-likeness (QED) is 0.706. The maximum absolute atomic E-state index is 6.11. The van der Waals surface area contributed by atoms with E-state index in [9.17, 15) is 0 Å². The summed E-state index contributed by atoms with van der Waals surface area (Å²) in [6, 6.07) is 14.2. The monoisotopic (exact) mass is 397 g/mol. The van der Waals surface area contributed by atoms with Crippen LogP contribution in [0.15, 0.2) is 48.7 Å². The van der Waals surface area contributed by atoms with Crippen LogP contribution in [0.3, 0.4) is 0 Å². The highest BCUT2D eigenvalue weighted by atomic mass is 35.5. The highest BCUT2D eigenvalue weighted by Crippen LogP contribution is 2.40. The molecule has 1 saturated heterocycles. The van der Waals surface area contributed by atoms with E-state index in [0.717, 1.165) is 36.5 Å². The van der Waals surface area contributed by atoms with Crippen molar-refractivity contribution in [3.8, 4) is 17.0 Å². The van der Waals surface area contributed by atoms with Crippen molar-refractivity contribution in [3.63, 3.8) is 0 Å². The number of aryl methyl sites for hydroxylation is 1. The molecule has 1 aromatic carbocycles. The van der Waals surface area contributed by atoms with Gasteiger partial charge >= 0.3 is 0 Å². The highest BCUT2D eigenvalue weighted by Gasteiger charge is 2.45. The van der Waals surface area contributed by atoms with Crippen molar-refractivity contribution in [2.24, 2.45) is 0 Å². The standard InChI is InChI=1S/C21H23N5O.ClH/c1-14(15-5-3-2-4-6-15)27-18-9-16(11-24-20(18)22)17-10-19-21(12-23-13-21)7-8-26(19)25-17;/h2-6,9-11,14,23H,7-8,12-13H2,1H3,(H2,22,24);1H/t14-;/m1./s1. The van der Waals surface area contributed by atoms with Crippen LogP contribution < -0.4 is 15.8 Å². The van der Waals surface area contributed by atoms with Gasteiger partial charge in [0, 0.05) is 42.5 Å². The Hall–Kier alpha value is -2.57. The molecule has 146 valence electrons. The fourth-order valence-electron chi connectivity index (χ4n) is 4.06. The number of halogens is 1. The third-order valence-electron chi connectivity index (χ3n) is 5.80. The second-order valence-corrected chi connectivity index (χ2v) is 7.55. The maximum atomic E-state index is 6.11. The van der Waals surface area contributed by atoms with E-state index in [1.807, 2.05) is 43.3 Å². The minimum atomic E-state index is -0.109. The Labute approximate surface area is 170 Å². The first-order valence-corrected chi connectivity index (χ1v) is 9.41. The second kappa shape index (κ2) is 7.11. The first-order valence-electron chi connectivity index (χ1n) is 9.41. The Morgan fingerprint density at radius 3 is 2.71 bits per heavy atom. The van der Waals surface area contributed by atoms with Gasteiger partial charge in [-0.15, -0.1) is 12.4 Å². The Morgan fingerprint density at radius 2 is 2.00 bits per heavy atom. The van der Waals surface area contributed by atoms with Gasteiger partial charge in [0.1, 0.15) is 6.10 Å². The molecule has 5 rings (SSSR count). The molecule has 2 aliphatic rings. The number of hydrogen-bond donors (Lipinski definition) is 2. The Kier molecular flexibility index (Phi) is 4.77. The van der Waals surface area contributed by atoms with Gasteiger partial charge in [-0.25, -0.2) is 4.98 Å². The molecule has 3 aromatic rings. The van der Waals surface area contributed by atoms with Gasteiger partial charge < -0.3 is 15.8 Å².